The zero-order chi connectivity index (χ0) is 10.8. The van der Waals surface area contributed by atoms with Gasteiger partial charge in [-0.05, 0) is 57.7 Å². The lowest BCUT2D eigenvalue weighted by Gasteiger charge is -2.30. The van der Waals surface area contributed by atoms with Gasteiger partial charge in [-0.1, -0.05) is 0 Å². The number of rotatable bonds is 2. The van der Waals surface area contributed by atoms with E-state index < -0.39 is 0 Å². The van der Waals surface area contributed by atoms with E-state index in [1.54, 1.807) is 0 Å². The summed E-state index contributed by atoms with van der Waals surface area (Å²) in [6.07, 6.45) is 6.98. The zero-order valence-electron chi connectivity index (χ0n) is 10.3. The van der Waals surface area contributed by atoms with Crippen molar-refractivity contribution in [2.75, 3.05) is 32.7 Å². The molecule has 3 aliphatic rings. The Balaban J connectivity index is 1.50. The standard InChI is InChI=1S/C13H25N3/c1-2-13-10-16(8-5-12(1)15-13)9-11-3-6-14-7-4-11/h11-15H,1-10H2. The van der Waals surface area contributed by atoms with Gasteiger partial charge in [0.05, 0.1) is 0 Å². The largest absolute Gasteiger partial charge is 0.317 e. The molecule has 0 aromatic heterocycles. The van der Waals surface area contributed by atoms with Crippen LogP contribution in [-0.4, -0.2) is 49.7 Å². The summed E-state index contributed by atoms with van der Waals surface area (Å²) in [4.78, 5) is 2.73. The van der Waals surface area contributed by atoms with E-state index in [1.165, 1.54) is 64.8 Å². The molecule has 0 aliphatic carbocycles. The summed E-state index contributed by atoms with van der Waals surface area (Å²) >= 11 is 0. The number of hydrogen-bond acceptors (Lipinski definition) is 3. The molecular formula is C13H25N3. The normalized spacial score (nSPS) is 37.5. The van der Waals surface area contributed by atoms with Gasteiger partial charge in [-0.2, -0.15) is 0 Å². The van der Waals surface area contributed by atoms with Crippen molar-refractivity contribution in [3.8, 4) is 0 Å². The maximum atomic E-state index is 3.77. The Morgan fingerprint density at radius 1 is 0.938 bits per heavy atom. The van der Waals surface area contributed by atoms with Crippen molar-refractivity contribution in [2.45, 2.75) is 44.2 Å². The Labute approximate surface area is 99.0 Å². The van der Waals surface area contributed by atoms with Gasteiger partial charge in [0.2, 0.25) is 0 Å². The van der Waals surface area contributed by atoms with E-state index >= 15 is 0 Å². The minimum atomic E-state index is 0.800. The van der Waals surface area contributed by atoms with Crippen molar-refractivity contribution >= 4 is 0 Å². The predicted molar refractivity (Wildman–Crippen MR) is 66.6 cm³/mol. The van der Waals surface area contributed by atoms with E-state index in [2.05, 4.69) is 15.5 Å². The molecule has 3 aliphatic heterocycles. The van der Waals surface area contributed by atoms with E-state index in [0.29, 0.717) is 0 Å². The molecule has 3 heterocycles. The van der Waals surface area contributed by atoms with Crippen LogP contribution in [0, 0.1) is 5.92 Å². The quantitative estimate of drug-likeness (QED) is 0.725. The lowest BCUT2D eigenvalue weighted by molar-refractivity contribution is 0.197. The summed E-state index contributed by atoms with van der Waals surface area (Å²) < 4.78 is 0. The molecule has 0 saturated carbocycles. The van der Waals surface area contributed by atoms with Gasteiger partial charge in [0.15, 0.2) is 0 Å². The predicted octanol–water partition coefficient (Wildman–Crippen LogP) is 0.812. The molecule has 0 aromatic carbocycles. The third-order valence-corrected chi connectivity index (χ3v) is 4.58. The fourth-order valence-electron chi connectivity index (χ4n) is 3.61. The zero-order valence-corrected chi connectivity index (χ0v) is 10.3. The molecule has 0 amide bonds. The first-order valence-corrected chi connectivity index (χ1v) is 7.09. The molecular weight excluding hydrogens is 198 g/mol. The van der Waals surface area contributed by atoms with Gasteiger partial charge in [-0.3, -0.25) is 0 Å². The van der Waals surface area contributed by atoms with Gasteiger partial charge < -0.3 is 15.5 Å². The summed E-state index contributed by atoms with van der Waals surface area (Å²) in [7, 11) is 0. The van der Waals surface area contributed by atoms with Crippen LogP contribution < -0.4 is 10.6 Å². The molecule has 0 radical (unpaired) electrons. The van der Waals surface area contributed by atoms with Gasteiger partial charge in [-0.25, -0.2) is 0 Å². The van der Waals surface area contributed by atoms with E-state index in [4.69, 9.17) is 0 Å². The van der Waals surface area contributed by atoms with Gasteiger partial charge >= 0.3 is 0 Å². The fraction of sp³-hybridized carbons (Fsp3) is 1.00. The highest BCUT2D eigenvalue weighted by Crippen LogP contribution is 2.22. The molecule has 0 aromatic rings. The molecule has 3 fully saturated rings. The van der Waals surface area contributed by atoms with Crippen molar-refractivity contribution in [3.63, 3.8) is 0 Å². The van der Waals surface area contributed by atoms with Crippen molar-refractivity contribution in [1.29, 1.82) is 0 Å². The van der Waals surface area contributed by atoms with Crippen molar-refractivity contribution in [1.82, 2.24) is 15.5 Å². The fourth-order valence-corrected chi connectivity index (χ4v) is 3.61. The first-order chi connectivity index (χ1) is 7.90. The van der Waals surface area contributed by atoms with E-state index in [0.717, 1.165) is 18.0 Å². The second-order valence-corrected chi connectivity index (χ2v) is 5.88. The van der Waals surface area contributed by atoms with Crippen LogP contribution in [0.5, 0.6) is 0 Å². The highest BCUT2D eigenvalue weighted by molar-refractivity contribution is 4.90. The summed E-state index contributed by atoms with van der Waals surface area (Å²) in [5.41, 5.74) is 0. The molecule has 3 heteroatoms. The molecule has 0 spiro atoms. The van der Waals surface area contributed by atoms with E-state index in [-0.39, 0.29) is 0 Å². The smallest absolute Gasteiger partial charge is 0.0198 e. The topological polar surface area (TPSA) is 27.3 Å². The summed E-state index contributed by atoms with van der Waals surface area (Å²) in [5, 5.41) is 7.23. The van der Waals surface area contributed by atoms with E-state index in [9.17, 15) is 0 Å². The Bertz CT molecular complexity index is 225. The molecule has 3 rings (SSSR count). The number of nitrogens with zero attached hydrogens (tertiary/aromatic N) is 1. The summed E-state index contributed by atoms with van der Waals surface area (Å²) in [6.45, 7) is 6.47. The first kappa shape index (κ1) is 11.0. The van der Waals surface area contributed by atoms with Crippen molar-refractivity contribution in [2.24, 2.45) is 5.92 Å². The number of piperidine rings is 1. The molecule has 16 heavy (non-hydrogen) atoms. The lowest BCUT2D eigenvalue weighted by Crippen LogP contribution is -2.40. The number of fused-ring (bicyclic) bond motifs is 2. The minimum absolute atomic E-state index is 0.800. The van der Waals surface area contributed by atoms with Gasteiger partial charge in [0, 0.05) is 25.2 Å². The van der Waals surface area contributed by atoms with Crippen LogP contribution in [0.2, 0.25) is 0 Å². The van der Waals surface area contributed by atoms with Crippen LogP contribution in [-0.2, 0) is 0 Å². The molecule has 2 N–H and O–H groups in total. The molecule has 92 valence electrons. The Morgan fingerprint density at radius 3 is 2.62 bits per heavy atom. The van der Waals surface area contributed by atoms with Crippen molar-refractivity contribution in [3.05, 3.63) is 0 Å². The van der Waals surface area contributed by atoms with Crippen LogP contribution >= 0.6 is 0 Å². The van der Waals surface area contributed by atoms with Gasteiger partial charge in [0.25, 0.3) is 0 Å². The lowest BCUT2D eigenvalue weighted by atomic mass is 9.97. The maximum Gasteiger partial charge on any atom is 0.0198 e. The maximum absolute atomic E-state index is 3.77. The van der Waals surface area contributed by atoms with Crippen LogP contribution in [0.4, 0.5) is 0 Å². The SMILES string of the molecule is C1CC(CN2CCC3CCC(C2)N3)CCN1. The molecule has 2 bridgehead atoms. The minimum Gasteiger partial charge on any atom is -0.317 e. The molecule has 3 nitrogen and oxygen atoms in total. The highest BCUT2D eigenvalue weighted by Gasteiger charge is 2.30. The molecule has 3 saturated heterocycles. The second-order valence-electron chi connectivity index (χ2n) is 5.88. The molecule has 2 atom stereocenters. The van der Waals surface area contributed by atoms with E-state index in [1.807, 2.05) is 0 Å². The number of nitrogens with one attached hydrogen (secondary N) is 2. The van der Waals surface area contributed by atoms with Crippen LogP contribution in [0.1, 0.15) is 32.1 Å². The van der Waals surface area contributed by atoms with Crippen molar-refractivity contribution < 1.29 is 0 Å². The monoisotopic (exact) mass is 223 g/mol. The first-order valence-electron chi connectivity index (χ1n) is 7.09. The average Bonchev–Trinajstić information content (AvgIpc) is 2.64. The average molecular weight is 223 g/mol. The van der Waals surface area contributed by atoms with Gasteiger partial charge in [0.1, 0.15) is 0 Å². The summed E-state index contributed by atoms with van der Waals surface area (Å²) in [6, 6.07) is 1.64. The third kappa shape index (κ3) is 2.58. The number of hydrogen-bond donors (Lipinski definition) is 2. The Morgan fingerprint density at radius 2 is 1.75 bits per heavy atom. The van der Waals surface area contributed by atoms with Crippen LogP contribution in [0.15, 0.2) is 0 Å². The Kier molecular flexibility index (Phi) is 3.46. The second kappa shape index (κ2) is 5.03. The highest BCUT2D eigenvalue weighted by atomic mass is 15.2. The van der Waals surface area contributed by atoms with Crippen LogP contribution in [0.25, 0.3) is 0 Å². The number of likely N-dealkylation sites (tertiary alicyclic amines) is 1. The van der Waals surface area contributed by atoms with Gasteiger partial charge in [-0.15, -0.1) is 0 Å². The molecule has 2 unspecified atom stereocenters. The van der Waals surface area contributed by atoms with Crippen LogP contribution in [0.3, 0.4) is 0 Å². The third-order valence-electron chi connectivity index (χ3n) is 4.58. The Hall–Kier alpha value is -0.120. The summed E-state index contributed by atoms with van der Waals surface area (Å²) in [5.74, 6) is 0.956.